The summed E-state index contributed by atoms with van der Waals surface area (Å²) in [5.74, 6) is 5.47. The third kappa shape index (κ3) is 4.19. The summed E-state index contributed by atoms with van der Waals surface area (Å²) in [6.45, 7) is 0.300. The molecule has 1 aromatic heterocycles. The number of benzene rings is 1. The van der Waals surface area contributed by atoms with E-state index in [0.717, 1.165) is 10.4 Å². The molecule has 0 saturated heterocycles. The third-order valence-corrected chi connectivity index (χ3v) is 3.52. The van der Waals surface area contributed by atoms with Gasteiger partial charge in [-0.2, -0.15) is 5.26 Å². The third-order valence-electron chi connectivity index (χ3n) is 2.67. The highest BCUT2D eigenvalue weighted by Crippen LogP contribution is 2.16. The van der Waals surface area contributed by atoms with E-state index in [0.29, 0.717) is 24.2 Å². The summed E-state index contributed by atoms with van der Waals surface area (Å²) < 4.78 is 0. The summed E-state index contributed by atoms with van der Waals surface area (Å²) in [4.78, 5) is 12.9. The number of nitriles is 1. The summed E-state index contributed by atoms with van der Waals surface area (Å²) in [5.41, 5.74) is 7.50. The predicted molar refractivity (Wildman–Crippen MR) is 84.0 cm³/mol. The Bertz CT molecular complexity index is 729. The van der Waals surface area contributed by atoms with Gasteiger partial charge >= 0.3 is 0 Å². The van der Waals surface area contributed by atoms with Crippen LogP contribution in [0.1, 0.15) is 20.8 Å². The molecule has 0 aliphatic heterocycles. The number of thiophene rings is 1. The SMILES string of the molecule is N#CCc1ccc(NC(=O)c2csc(C#CCN)c2)cc1. The van der Waals surface area contributed by atoms with Crippen molar-refractivity contribution < 1.29 is 4.79 Å². The molecule has 0 aliphatic rings. The van der Waals surface area contributed by atoms with Crippen molar-refractivity contribution in [3.05, 3.63) is 51.7 Å². The summed E-state index contributed by atoms with van der Waals surface area (Å²) in [6, 6.07) is 11.0. The number of nitrogens with two attached hydrogens (primary N) is 1. The summed E-state index contributed by atoms with van der Waals surface area (Å²) in [6.07, 6.45) is 0.363. The van der Waals surface area contributed by atoms with Gasteiger partial charge in [0.05, 0.1) is 29.5 Å². The van der Waals surface area contributed by atoms with Crippen LogP contribution in [0, 0.1) is 23.2 Å². The summed E-state index contributed by atoms with van der Waals surface area (Å²) >= 11 is 1.41. The molecule has 104 valence electrons. The number of carbonyl (C=O) groups excluding carboxylic acids is 1. The zero-order valence-electron chi connectivity index (χ0n) is 11.2. The molecule has 2 rings (SSSR count). The van der Waals surface area contributed by atoms with Crippen LogP contribution in [0.25, 0.3) is 0 Å². The Kier molecular flexibility index (Phi) is 5.11. The van der Waals surface area contributed by atoms with Crippen LogP contribution in [0.4, 0.5) is 5.69 Å². The average Bonchev–Trinajstić information content (AvgIpc) is 2.96. The van der Waals surface area contributed by atoms with Crippen LogP contribution in [0.5, 0.6) is 0 Å². The molecule has 2 aromatic rings. The minimum Gasteiger partial charge on any atom is -0.322 e. The first-order valence-electron chi connectivity index (χ1n) is 6.27. The lowest BCUT2D eigenvalue weighted by atomic mass is 10.1. The first-order chi connectivity index (χ1) is 10.2. The second-order valence-corrected chi connectivity index (χ2v) is 5.10. The number of nitrogens with zero attached hydrogens (tertiary/aromatic N) is 1. The minimum absolute atomic E-state index is 0.180. The van der Waals surface area contributed by atoms with E-state index in [4.69, 9.17) is 11.0 Å². The normalized spacial score (nSPS) is 9.33. The maximum atomic E-state index is 12.1. The van der Waals surface area contributed by atoms with Gasteiger partial charge in [-0.25, -0.2) is 0 Å². The molecule has 3 N–H and O–H groups in total. The van der Waals surface area contributed by atoms with Crippen LogP contribution < -0.4 is 11.1 Å². The molecule has 21 heavy (non-hydrogen) atoms. The molecule has 0 unspecified atom stereocenters. The Morgan fingerprint density at radius 2 is 2.10 bits per heavy atom. The van der Waals surface area contributed by atoms with E-state index in [9.17, 15) is 4.79 Å². The maximum absolute atomic E-state index is 12.1. The zero-order chi connectivity index (χ0) is 15.1. The maximum Gasteiger partial charge on any atom is 0.256 e. The highest BCUT2D eigenvalue weighted by atomic mass is 32.1. The summed E-state index contributed by atoms with van der Waals surface area (Å²) in [5, 5.41) is 13.2. The molecule has 1 aromatic carbocycles. The smallest absolute Gasteiger partial charge is 0.256 e. The summed E-state index contributed by atoms with van der Waals surface area (Å²) in [7, 11) is 0. The van der Waals surface area contributed by atoms with E-state index in [-0.39, 0.29) is 5.91 Å². The largest absolute Gasteiger partial charge is 0.322 e. The van der Waals surface area contributed by atoms with E-state index in [1.807, 2.05) is 12.1 Å². The molecule has 0 fully saturated rings. The number of carbonyl (C=O) groups is 1. The number of rotatable bonds is 3. The van der Waals surface area contributed by atoms with Gasteiger partial charge in [-0.05, 0) is 23.8 Å². The Labute approximate surface area is 127 Å². The van der Waals surface area contributed by atoms with Crippen molar-refractivity contribution in [2.75, 3.05) is 11.9 Å². The van der Waals surface area contributed by atoms with Gasteiger partial charge in [-0.1, -0.05) is 24.0 Å². The molecular formula is C16H13N3OS. The average molecular weight is 295 g/mol. The first kappa shape index (κ1) is 14.8. The number of amides is 1. The van der Waals surface area contributed by atoms with Gasteiger partial charge in [0, 0.05) is 11.1 Å². The van der Waals surface area contributed by atoms with E-state index < -0.39 is 0 Å². The Balaban J connectivity index is 2.04. The molecule has 0 aliphatic carbocycles. The fraction of sp³-hybridized carbons (Fsp3) is 0.125. The molecule has 5 heteroatoms. The van der Waals surface area contributed by atoms with Crippen molar-refractivity contribution >= 4 is 22.9 Å². The van der Waals surface area contributed by atoms with Crippen molar-refractivity contribution in [3.63, 3.8) is 0 Å². The standard InChI is InChI=1S/C16H13N3OS/c17-8-1-2-15-10-13(11-21-15)16(20)19-14-5-3-12(4-6-14)7-9-18/h3-6,10-11H,7-8,17H2,(H,19,20). The fourth-order valence-electron chi connectivity index (χ4n) is 1.66. The van der Waals surface area contributed by atoms with Crippen molar-refractivity contribution in [2.24, 2.45) is 5.73 Å². The van der Waals surface area contributed by atoms with Crippen LogP contribution in [0.2, 0.25) is 0 Å². The Morgan fingerprint density at radius 3 is 2.76 bits per heavy atom. The first-order valence-corrected chi connectivity index (χ1v) is 7.15. The molecule has 1 heterocycles. The van der Waals surface area contributed by atoms with E-state index in [1.165, 1.54) is 11.3 Å². The van der Waals surface area contributed by atoms with E-state index >= 15 is 0 Å². The zero-order valence-corrected chi connectivity index (χ0v) is 12.0. The van der Waals surface area contributed by atoms with Crippen molar-refractivity contribution in [3.8, 4) is 17.9 Å². The van der Waals surface area contributed by atoms with Crippen molar-refractivity contribution in [2.45, 2.75) is 6.42 Å². The van der Waals surface area contributed by atoms with Gasteiger partial charge in [-0.3, -0.25) is 4.79 Å². The van der Waals surface area contributed by atoms with Crippen LogP contribution in [-0.2, 0) is 6.42 Å². The van der Waals surface area contributed by atoms with Gasteiger partial charge in [0.1, 0.15) is 0 Å². The van der Waals surface area contributed by atoms with Crippen molar-refractivity contribution in [1.29, 1.82) is 5.26 Å². The fourth-order valence-corrected chi connectivity index (χ4v) is 2.41. The van der Waals surface area contributed by atoms with E-state index in [2.05, 4.69) is 23.2 Å². The second kappa shape index (κ2) is 7.25. The molecule has 0 saturated carbocycles. The molecule has 4 nitrogen and oxygen atoms in total. The number of anilines is 1. The molecule has 0 spiro atoms. The molecular weight excluding hydrogens is 282 g/mol. The lowest BCUT2D eigenvalue weighted by Gasteiger charge is -2.04. The van der Waals surface area contributed by atoms with Crippen LogP contribution in [-0.4, -0.2) is 12.5 Å². The van der Waals surface area contributed by atoms with Gasteiger partial charge < -0.3 is 11.1 Å². The second-order valence-electron chi connectivity index (χ2n) is 4.19. The molecule has 0 bridgehead atoms. The number of hydrogen-bond acceptors (Lipinski definition) is 4. The minimum atomic E-state index is -0.180. The number of hydrogen-bond donors (Lipinski definition) is 2. The van der Waals surface area contributed by atoms with Gasteiger partial charge in [-0.15, -0.1) is 11.3 Å². The quantitative estimate of drug-likeness (QED) is 0.853. The number of nitrogens with one attached hydrogen (secondary N) is 1. The van der Waals surface area contributed by atoms with Crippen LogP contribution in [0.15, 0.2) is 35.7 Å². The van der Waals surface area contributed by atoms with Gasteiger partial charge in [0.25, 0.3) is 5.91 Å². The molecule has 1 amide bonds. The highest BCUT2D eigenvalue weighted by molar-refractivity contribution is 7.10. The molecule has 0 radical (unpaired) electrons. The topological polar surface area (TPSA) is 78.9 Å². The van der Waals surface area contributed by atoms with Crippen molar-refractivity contribution in [1.82, 2.24) is 0 Å². The highest BCUT2D eigenvalue weighted by Gasteiger charge is 2.08. The predicted octanol–water partition coefficient (Wildman–Crippen LogP) is 2.38. The lowest BCUT2D eigenvalue weighted by molar-refractivity contribution is 0.102. The monoisotopic (exact) mass is 295 g/mol. The Morgan fingerprint density at radius 1 is 1.33 bits per heavy atom. The lowest BCUT2D eigenvalue weighted by Crippen LogP contribution is -2.10. The van der Waals surface area contributed by atoms with Crippen LogP contribution >= 0.6 is 11.3 Å². The molecule has 0 atom stereocenters. The van der Waals surface area contributed by atoms with Gasteiger partial charge in [0.2, 0.25) is 0 Å². The van der Waals surface area contributed by atoms with Gasteiger partial charge in [0.15, 0.2) is 0 Å². The van der Waals surface area contributed by atoms with E-state index in [1.54, 1.807) is 23.6 Å². The van der Waals surface area contributed by atoms with Crippen LogP contribution in [0.3, 0.4) is 0 Å². The Hall–Kier alpha value is -2.60.